The van der Waals surface area contributed by atoms with E-state index in [0.717, 1.165) is 19.4 Å². The Kier molecular flexibility index (Phi) is 4.35. The SMILES string of the molecule is CCOC(=O)CNC1(C)CCCOC1. The fraction of sp³-hybridized carbons (Fsp3) is 0.900. The third-order valence-electron chi connectivity index (χ3n) is 2.40. The molecule has 0 saturated carbocycles. The lowest BCUT2D eigenvalue weighted by molar-refractivity contribution is -0.142. The summed E-state index contributed by atoms with van der Waals surface area (Å²) in [4.78, 5) is 11.1. The van der Waals surface area contributed by atoms with Crippen LogP contribution in [-0.4, -0.2) is 37.9 Å². The Morgan fingerprint density at radius 1 is 1.64 bits per heavy atom. The highest BCUT2D eigenvalue weighted by Crippen LogP contribution is 2.17. The van der Waals surface area contributed by atoms with E-state index in [-0.39, 0.29) is 18.1 Å². The van der Waals surface area contributed by atoms with Crippen molar-refractivity contribution in [2.75, 3.05) is 26.4 Å². The summed E-state index contributed by atoms with van der Waals surface area (Å²) in [5.41, 5.74) is -0.0645. The molecule has 0 bridgehead atoms. The molecule has 0 amide bonds. The quantitative estimate of drug-likeness (QED) is 0.680. The number of esters is 1. The average Bonchev–Trinajstić information content (AvgIpc) is 2.17. The number of hydrogen-bond acceptors (Lipinski definition) is 4. The summed E-state index contributed by atoms with van der Waals surface area (Å²) < 4.78 is 10.2. The van der Waals surface area contributed by atoms with Crippen LogP contribution < -0.4 is 5.32 Å². The molecule has 1 aliphatic rings. The molecule has 1 unspecified atom stereocenters. The van der Waals surface area contributed by atoms with E-state index >= 15 is 0 Å². The van der Waals surface area contributed by atoms with Gasteiger partial charge < -0.3 is 9.47 Å². The van der Waals surface area contributed by atoms with Gasteiger partial charge in [-0.05, 0) is 26.7 Å². The van der Waals surface area contributed by atoms with Crippen molar-refractivity contribution in [3.8, 4) is 0 Å². The first-order valence-electron chi connectivity index (χ1n) is 5.15. The molecule has 0 aromatic heterocycles. The van der Waals surface area contributed by atoms with Crippen molar-refractivity contribution in [2.24, 2.45) is 0 Å². The zero-order valence-electron chi connectivity index (χ0n) is 8.97. The van der Waals surface area contributed by atoms with Crippen LogP contribution in [0.3, 0.4) is 0 Å². The van der Waals surface area contributed by atoms with Gasteiger partial charge >= 0.3 is 5.97 Å². The molecule has 82 valence electrons. The van der Waals surface area contributed by atoms with E-state index in [1.54, 1.807) is 0 Å². The Bertz CT molecular complexity index is 188. The minimum Gasteiger partial charge on any atom is -0.465 e. The van der Waals surface area contributed by atoms with Crippen molar-refractivity contribution in [3.63, 3.8) is 0 Å². The van der Waals surface area contributed by atoms with Gasteiger partial charge in [0.1, 0.15) is 0 Å². The normalized spacial score (nSPS) is 27.3. The zero-order chi connectivity index (χ0) is 10.4. The zero-order valence-corrected chi connectivity index (χ0v) is 8.97. The van der Waals surface area contributed by atoms with Crippen LogP contribution >= 0.6 is 0 Å². The topological polar surface area (TPSA) is 47.6 Å². The lowest BCUT2D eigenvalue weighted by atomic mass is 9.95. The monoisotopic (exact) mass is 201 g/mol. The van der Waals surface area contributed by atoms with E-state index in [4.69, 9.17) is 9.47 Å². The molecule has 4 heteroatoms. The maximum absolute atomic E-state index is 11.1. The van der Waals surface area contributed by atoms with Crippen molar-refractivity contribution in [1.82, 2.24) is 5.32 Å². The van der Waals surface area contributed by atoms with E-state index < -0.39 is 0 Å². The van der Waals surface area contributed by atoms with E-state index in [9.17, 15) is 4.79 Å². The molecule has 0 aromatic carbocycles. The maximum atomic E-state index is 11.1. The summed E-state index contributed by atoms with van der Waals surface area (Å²) in [5.74, 6) is -0.195. The van der Waals surface area contributed by atoms with Crippen molar-refractivity contribution in [1.29, 1.82) is 0 Å². The van der Waals surface area contributed by atoms with Crippen LogP contribution in [0.25, 0.3) is 0 Å². The van der Waals surface area contributed by atoms with Crippen LogP contribution in [0, 0.1) is 0 Å². The molecule has 0 aromatic rings. The standard InChI is InChI=1S/C10H19NO3/c1-3-14-9(12)7-11-10(2)5-4-6-13-8-10/h11H,3-8H2,1-2H3. The second kappa shape index (κ2) is 5.32. The van der Waals surface area contributed by atoms with E-state index in [1.807, 2.05) is 6.92 Å². The fourth-order valence-electron chi connectivity index (χ4n) is 1.57. The average molecular weight is 201 g/mol. The number of nitrogens with one attached hydrogen (secondary N) is 1. The molecule has 1 fully saturated rings. The summed E-state index contributed by atoms with van der Waals surface area (Å²) in [6, 6.07) is 0. The first-order valence-corrected chi connectivity index (χ1v) is 5.15. The third kappa shape index (κ3) is 3.64. The van der Waals surface area contributed by atoms with E-state index in [1.165, 1.54) is 0 Å². The van der Waals surface area contributed by atoms with Crippen molar-refractivity contribution < 1.29 is 14.3 Å². The van der Waals surface area contributed by atoms with Gasteiger partial charge in [0.15, 0.2) is 0 Å². The first kappa shape index (κ1) is 11.5. The van der Waals surface area contributed by atoms with Gasteiger partial charge in [0.25, 0.3) is 0 Å². The minimum atomic E-state index is -0.195. The van der Waals surface area contributed by atoms with E-state index in [0.29, 0.717) is 13.2 Å². The van der Waals surface area contributed by atoms with Gasteiger partial charge in [-0.15, -0.1) is 0 Å². The molecule has 4 nitrogen and oxygen atoms in total. The number of carbonyl (C=O) groups excluding carboxylic acids is 1. The van der Waals surface area contributed by atoms with Crippen LogP contribution in [0.5, 0.6) is 0 Å². The van der Waals surface area contributed by atoms with Crippen LogP contribution in [0.1, 0.15) is 26.7 Å². The Hall–Kier alpha value is -0.610. The summed E-state index contributed by atoms with van der Waals surface area (Å²) in [5, 5.41) is 3.18. The van der Waals surface area contributed by atoms with Crippen molar-refractivity contribution in [3.05, 3.63) is 0 Å². The molecule has 0 radical (unpaired) electrons. The van der Waals surface area contributed by atoms with Gasteiger partial charge in [-0.1, -0.05) is 0 Å². The smallest absolute Gasteiger partial charge is 0.319 e. The maximum Gasteiger partial charge on any atom is 0.319 e. The lowest BCUT2D eigenvalue weighted by Crippen LogP contribution is -2.50. The van der Waals surface area contributed by atoms with Crippen LogP contribution in [0.2, 0.25) is 0 Å². The largest absolute Gasteiger partial charge is 0.465 e. The summed E-state index contributed by atoms with van der Waals surface area (Å²) in [7, 11) is 0. The molecular weight excluding hydrogens is 182 g/mol. The molecular formula is C10H19NO3. The van der Waals surface area contributed by atoms with Crippen LogP contribution in [-0.2, 0) is 14.3 Å². The number of rotatable bonds is 4. The number of hydrogen-bond donors (Lipinski definition) is 1. The second-order valence-electron chi connectivity index (χ2n) is 3.88. The summed E-state index contributed by atoms with van der Waals surface area (Å²) in [6.45, 7) is 6.10. The number of ether oxygens (including phenoxy) is 2. The molecule has 1 saturated heterocycles. The molecule has 1 rings (SSSR count). The first-order chi connectivity index (χ1) is 6.66. The molecule has 0 spiro atoms. The van der Waals surface area contributed by atoms with Gasteiger partial charge in [0, 0.05) is 12.1 Å². The van der Waals surface area contributed by atoms with E-state index in [2.05, 4.69) is 12.2 Å². The summed E-state index contributed by atoms with van der Waals surface area (Å²) in [6.07, 6.45) is 2.10. The highest BCUT2D eigenvalue weighted by Gasteiger charge is 2.27. The summed E-state index contributed by atoms with van der Waals surface area (Å²) >= 11 is 0. The van der Waals surface area contributed by atoms with Crippen molar-refractivity contribution >= 4 is 5.97 Å². The Balaban J connectivity index is 2.24. The van der Waals surface area contributed by atoms with Gasteiger partial charge in [-0.25, -0.2) is 0 Å². The second-order valence-corrected chi connectivity index (χ2v) is 3.88. The van der Waals surface area contributed by atoms with Crippen LogP contribution in [0.4, 0.5) is 0 Å². The Labute approximate surface area is 85.0 Å². The Morgan fingerprint density at radius 3 is 3.00 bits per heavy atom. The van der Waals surface area contributed by atoms with Gasteiger partial charge in [0.2, 0.25) is 0 Å². The molecule has 1 aliphatic heterocycles. The molecule has 14 heavy (non-hydrogen) atoms. The molecule has 1 N–H and O–H groups in total. The third-order valence-corrected chi connectivity index (χ3v) is 2.40. The molecule has 1 heterocycles. The van der Waals surface area contributed by atoms with Gasteiger partial charge in [0.05, 0.1) is 19.8 Å². The van der Waals surface area contributed by atoms with Gasteiger partial charge in [-0.2, -0.15) is 0 Å². The van der Waals surface area contributed by atoms with Crippen LogP contribution in [0.15, 0.2) is 0 Å². The van der Waals surface area contributed by atoms with Crippen molar-refractivity contribution in [2.45, 2.75) is 32.2 Å². The number of carbonyl (C=O) groups is 1. The predicted octanol–water partition coefficient (Wildman–Crippen LogP) is 0.708. The fourth-order valence-corrected chi connectivity index (χ4v) is 1.57. The predicted molar refractivity (Wildman–Crippen MR) is 53.1 cm³/mol. The lowest BCUT2D eigenvalue weighted by Gasteiger charge is -2.34. The highest BCUT2D eigenvalue weighted by atomic mass is 16.5. The Morgan fingerprint density at radius 2 is 2.43 bits per heavy atom. The molecule has 0 aliphatic carbocycles. The van der Waals surface area contributed by atoms with Gasteiger partial charge in [-0.3, -0.25) is 10.1 Å². The highest BCUT2D eigenvalue weighted by molar-refractivity contribution is 5.71. The minimum absolute atomic E-state index is 0.0645. The molecule has 1 atom stereocenters.